The number of hydrogen-bond donors (Lipinski definition) is 1. The molecular formula is C17H31NO2. The lowest BCUT2D eigenvalue weighted by atomic mass is 9.68. The third-order valence-electron chi connectivity index (χ3n) is 5.78. The van der Waals surface area contributed by atoms with Gasteiger partial charge in [0.15, 0.2) is 0 Å². The van der Waals surface area contributed by atoms with Gasteiger partial charge in [-0.15, -0.1) is 0 Å². The predicted molar refractivity (Wildman–Crippen MR) is 80.6 cm³/mol. The quantitative estimate of drug-likeness (QED) is 0.844. The highest BCUT2D eigenvalue weighted by Gasteiger charge is 2.39. The van der Waals surface area contributed by atoms with E-state index in [4.69, 9.17) is 4.74 Å². The van der Waals surface area contributed by atoms with Gasteiger partial charge in [0, 0.05) is 19.6 Å². The van der Waals surface area contributed by atoms with E-state index in [1.165, 1.54) is 25.7 Å². The highest BCUT2D eigenvalue weighted by molar-refractivity contribution is 4.90. The lowest BCUT2D eigenvalue weighted by Crippen LogP contribution is -2.48. The summed E-state index contributed by atoms with van der Waals surface area (Å²) in [4.78, 5) is 2.56. The third-order valence-corrected chi connectivity index (χ3v) is 5.78. The molecule has 2 saturated heterocycles. The summed E-state index contributed by atoms with van der Waals surface area (Å²) in [6.07, 6.45) is 6.68. The van der Waals surface area contributed by atoms with Gasteiger partial charge in [-0.2, -0.15) is 0 Å². The number of hydrogen-bond acceptors (Lipinski definition) is 3. The molecule has 0 amide bonds. The van der Waals surface area contributed by atoms with Gasteiger partial charge in [-0.1, -0.05) is 20.8 Å². The molecule has 1 aliphatic carbocycles. The van der Waals surface area contributed by atoms with E-state index >= 15 is 0 Å². The van der Waals surface area contributed by atoms with Crippen LogP contribution in [0.15, 0.2) is 0 Å². The van der Waals surface area contributed by atoms with Crippen molar-refractivity contribution in [3.05, 3.63) is 0 Å². The molecule has 0 aromatic heterocycles. The fraction of sp³-hybridized carbons (Fsp3) is 1.00. The average Bonchev–Trinajstić information content (AvgIpc) is 2.70. The first kappa shape index (κ1) is 14.8. The predicted octanol–water partition coefficient (Wildman–Crippen LogP) is 2.67. The molecule has 3 rings (SSSR count). The lowest BCUT2D eigenvalue weighted by molar-refractivity contribution is -0.0598. The van der Waals surface area contributed by atoms with Crippen LogP contribution in [0, 0.1) is 17.3 Å². The Kier molecular flexibility index (Phi) is 4.13. The maximum atomic E-state index is 10.4. The number of fused-ring (bicyclic) bond motifs is 2. The van der Waals surface area contributed by atoms with Crippen LogP contribution >= 0.6 is 0 Å². The minimum absolute atomic E-state index is 0.0888. The van der Waals surface area contributed by atoms with Gasteiger partial charge in [0.2, 0.25) is 0 Å². The molecule has 2 heterocycles. The summed E-state index contributed by atoms with van der Waals surface area (Å²) in [5, 5.41) is 10.4. The number of aliphatic hydroxyl groups excluding tert-OH is 1. The molecular weight excluding hydrogens is 250 g/mol. The monoisotopic (exact) mass is 281 g/mol. The summed E-state index contributed by atoms with van der Waals surface area (Å²) in [5.74, 6) is 1.22. The topological polar surface area (TPSA) is 32.7 Å². The second-order valence-corrected chi connectivity index (χ2v) is 8.38. The fourth-order valence-electron chi connectivity index (χ4n) is 4.41. The molecule has 116 valence electrons. The van der Waals surface area contributed by atoms with Crippen molar-refractivity contribution in [3.63, 3.8) is 0 Å². The van der Waals surface area contributed by atoms with Crippen molar-refractivity contribution in [1.82, 2.24) is 4.90 Å². The van der Waals surface area contributed by atoms with Crippen molar-refractivity contribution in [3.8, 4) is 0 Å². The molecule has 5 unspecified atom stereocenters. The summed E-state index contributed by atoms with van der Waals surface area (Å²) in [6, 6.07) is 0. The van der Waals surface area contributed by atoms with E-state index in [1.54, 1.807) is 0 Å². The molecule has 0 aromatic rings. The summed E-state index contributed by atoms with van der Waals surface area (Å²) < 4.78 is 5.91. The van der Waals surface area contributed by atoms with Crippen LogP contribution < -0.4 is 0 Å². The SMILES string of the molecule is CC(C)(C)C1CCC(O)C(CN2CC3CCC(C2)O3)C1. The zero-order valence-corrected chi connectivity index (χ0v) is 13.3. The third kappa shape index (κ3) is 3.20. The van der Waals surface area contributed by atoms with Gasteiger partial charge in [0.25, 0.3) is 0 Å². The van der Waals surface area contributed by atoms with Crippen molar-refractivity contribution in [2.24, 2.45) is 17.3 Å². The van der Waals surface area contributed by atoms with E-state index in [-0.39, 0.29) is 6.10 Å². The Morgan fingerprint density at radius 3 is 2.30 bits per heavy atom. The molecule has 1 saturated carbocycles. The van der Waals surface area contributed by atoms with Crippen LogP contribution in [0.25, 0.3) is 0 Å². The molecule has 3 fully saturated rings. The van der Waals surface area contributed by atoms with E-state index in [9.17, 15) is 5.11 Å². The van der Waals surface area contributed by atoms with Gasteiger partial charge in [-0.25, -0.2) is 0 Å². The Hall–Kier alpha value is -0.120. The van der Waals surface area contributed by atoms with Crippen molar-refractivity contribution in [1.29, 1.82) is 0 Å². The average molecular weight is 281 g/mol. The van der Waals surface area contributed by atoms with Crippen LogP contribution in [0.4, 0.5) is 0 Å². The van der Waals surface area contributed by atoms with Crippen molar-refractivity contribution in [2.75, 3.05) is 19.6 Å². The second-order valence-electron chi connectivity index (χ2n) is 8.38. The number of likely N-dealkylation sites (tertiary alicyclic amines) is 1. The molecule has 0 aromatic carbocycles. The minimum Gasteiger partial charge on any atom is -0.393 e. The van der Waals surface area contributed by atoms with E-state index in [0.29, 0.717) is 23.5 Å². The summed E-state index contributed by atoms with van der Waals surface area (Å²) in [6.45, 7) is 10.3. The fourth-order valence-corrected chi connectivity index (χ4v) is 4.41. The molecule has 0 radical (unpaired) electrons. The van der Waals surface area contributed by atoms with Crippen molar-refractivity contribution < 1.29 is 9.84 Å². The van der Waals surface area contributed by atoms with Gasteiger partial charge in [0.05, 0.1) is 18.3 Å². The summed E-state index contributed by atoms with van der Waals surface area (Å²) in [7, 11) is 0. The Morgan fingerprint density at radius 2 is 1.70 bits per heavy atom. The van der Waals surface area contributed by atoms with E-state index in [0.717, 1.165) is 32.0 Å². The Balaban J connectivity index is 1.58. The van der Waals surface area contributed by atoms with Crippen LogP contribution in [-0.4, -0.2) is 48.0 Å². The molecule has 3 aliphatic rings. The highest BCUT2D eigenvalue weighted by atomic mass is 16.5. The molecule has 1 N–H and O–H groups in total. The zero-order valence-electron chi connectivity index (χ0n) is 13.3. The lowest BCUT2D eigenvalue weighted by Gasteiger charge is -2.43. The molecule has 2 aliphatic heterocycles. The first-order chi connectivity index (χ1) is 9.41. The first-order valence-electron chi connectivity index (χ1n) is 8.47. The van der Waals surface area contributed by atoms with Gasteiger partial charge in [0.1, 0.15) is 0 Å². The molecule has 20 heavy (non-hydrogen) atoms. The van der Waals surface area contributed by atoms with Crippen LogP contribution in [0.2, 0.25) is 0 Å². The van der Waals surface area contributed by atoms with Crippen LogP contribution in [0.1, 0.15) is 52.9 Å². The molecule has 2 bridgehead atoms. The summed E-state index contributed by atoms with van der Waals surface area (Å²) in [5.41, 5.74) is 0.377. The van der Waals surface area contributed by atoms with Gasteiger partial charge in [-0.05, 0) is 49.4 Å². The van der Waals surface area contributed by atoms with Crippen molar-refractivity contribution in [2.45, 2.75) is 71.2 Å². The van der Waals surface area contributed by atoms with Crippen LogP contribution in [0.3, 0.4) is 0 Å². The summed E-state index contributed by atoms with van der Waals surface area (Å²) >= 11 is 0. The van der Waals surface area contributed by atoms with E-state index < -0.39 is 0 Å². The molecule has 0 spiro atoms. The number of nitrogens with zero attached hydrogens (tertiary/aromatic N) is 1. The second kappa shape index (κ2) is 5.58. The maximum absolute atomic E-state index is 10.4. The Morgan fingerprint density at radius 1 is 1.05 bits per heavy atom. The molecule has 5 atom stereocenters. The Bertz CT molecular complexity index is 326. The smallest absolute Gasteiger partial charge is 0.0707 e. The molecule has 3 nitrogen and oxygen atoms in total. The number of aliphatic hydroxyl groups is 1. The van der Waals surface area contributed by atoms with Crippen LogP contribution in [0.5, 0.6) is 0 Å². The van der Waals surface area contributed by atoms with Crippen LogP contribution in [-0.2, 0) is 4.74 Å². The standard InChI is InChI=1S/C17H31NO2/c1-17(2,3)13-4-7-16(19)12(8-13)9-18-10-14-5-6-15(11-18)20-14/h12-16,19H,4-11H2,1-3H3. The number of rotatable bonds is 2. The van der Waals surface area contributed by atoms with E-state index in [2.05, 4.69) is 25.7 Å². The van der Waals surface area contributed by atoms with Gasteiger partial charge >= 0.3 is 0 Å². The van der Waals surface area contributed by atoms with Crippen molar-refractivity contribution >= 4 is 0 Å². The largest absolute Gasteiger partial charge is 0.393 e. The number of morpholine rings is 1. The zero-order chi connectivity index (χ0) is 14.3. The minimum atomic E-state index is -0.0888. The van der Waals surface area contributed by atoms with Gasteiger partial charge < -0.3 is 9.84 Å². The normalized spacial score (nSPS) is 42.9. The van der Waals surface area contributed by atoms with E-state index in [1.807, 2.05) is 0 Å². The molecule has 3 heteroatoms. The Labute approximate surface area is 123 Å². The van der Waals surface area contributed by atoms with Gasteiger partial charge in [-0.3, -0.25) is 4.90 Å². The first-order valence-corrected chi connectivity index (χ1v) is 8.47. The number of ether oxygens (including phenoxy) is 1. The highest BCUT2D eigenvalue weighted by Crippen LogP contribution is 2.41. The maximum Gasteiger partial charge on any atom is 0.0707 e.